The van der Waals surface area contributed by atoms with Gasteiger partial charge in [-0.15, -0.1) is 11.3 Å². The van der Waals surface area contributed by atoms with E-state index < -0.39 is 0 Å². The van der Waals surface area contributed by atoms with E-state index in [1.165, 1.54) is 11.8 Å². The fourth-order valence-corrected chi connectivity index (χ4v) is 2.63. The lowest BCUT2D eigenvalue weighted by Gasteiger charge is -2.06. The normalized spacial score (nSPS) is 10.3. The summed E-state index contributed by atoms with van der Waals surface area (Å²) < 4.78 is 6.29. The monoisotopic (exact) mass is 253 g/mol. The van der Waals surface area contributed by atoms with Gasteiger partial charge in [0.2, 0.25) is 5.88 Å². The fraction of sp³-hybridized carbons (Fsp3) is 0.200. The molecular weight excluding hydrogens is 242 g/mol. The van der Waals surface area contributed by atoms with Crippen molar-refractivity contribution in [3.05, 3.63) is 23.7 Å². The van der Waals surface area contributed by atoms with Crippen molar-refractivity contribution >= 4 is 28.8 Å². The van der Waals surface area contributed by atoms with Gasteiger partial charge in [0.15, 0.2) is 4.34 Å². The summed E-state index contributed by atoms with van der Waals surface area (Å²) in [7, 11) is 0. The van der Waals surface area contributed by atoms with Crippen LogP contribution in [0.5, 0.6) is 5.88 Å². The number of anilines is 1. The molecule has 0 aliphatic carbocycles. The Hall–Kier alpha value is -1.27. The van der Waals surface area contributed by atoms with E-state index in [0.717, 1.165) is 9.37 Å². The summed E-state index contributed by atoms with van der Waals surface area (Å²) in [5.74, 6) is 0.490. The van der Waals surface area contributed by atoms with Crippen molar-refractivity contribution in [3.63, 3.8) is 0 Å². The fourth-order valence-electron chi connectivity index (χ4n) is 1.09. The first-order valence-corrected chi connectivity index (χ1v) is 6.46. The highest BCUT2D eigenvalue weighted by molar-refractivity contribution is 8.00. The van der Waals surface area contributed by atoms with Crippen LogP contribution in [-0.4, -0.2) is 16.6 Å². The molecule has 0 atom stereocenters. The summed E-state index contributed by atoms with van der Waals surface area (Å²) in [6, 6.07) is 3.66. The molecule has 0 saturated heterocycles. The van der Waals surface area contributed by atoms with E-state index in [2.05, 4.69) is 9.97 Å². The lowest BCUT2D eigenvalue weighted by molar-refractivity contribution is 0.326. The quantitative estimate of drug-likeness (QED) is 0.907. The first-order chi connectivity index (χ1) is 7.79. The highest BCUT2D eigenvalue weighted by Gasteiger charge is 2.06. The van der Waals surface area contributed by atoms with E-state index in [1.807, 2.05) is 18.4 Å². The van der Waals surface area contributed by atoms with Crippen LogP contribution in [0.15, 0.2) is 33.1 Å². The van der Waals surface area contributed by atoms with Crippen LogP contribution in [0.1, 0.15) is 6.92 Å². The molecule has 0 aliphatic heterocycles. The topological polar surface area (TPSA) is 61.0 Å². The van der Waals surface area contributed by atoms with Crippen LogP contribution in [0.3, 0.4) is 0 Å². The Kier molecular flexibility index (Phi) is 3.63. The molecule has 0 aliphatic rings. The minimum absolute atomic E-state index is 0.490. The molecule has 0 spiro atoms. The van der Waals surface area contributed by atoms with Crippen LogP contribution in [0.4, 0.5) is 5.69 Å². The number of ether oxygens (including phenoxy) is 1. The van der Waals surface area contributed by atoms with Gasteiger partial charge >= 0.3 is 0 Å². The molecule has 2 N–H and O–H groups in total. The zero-order valence-electron chi connectivity index (χ0n) is 8.71. The first-order valence-electron chi connectivity index (χ1n) is 4.76. The van der Waals surface area contributed by atoms with Gasteiger partial charge in [-0.05, 0) is 30.8 Å². The van der Waals surface area contributed by atoms with Gasteiger partial charge in [-0.1, -0.05) is 0 Å². The third-order valence-corrected chi connectivity index (χ3v) is 3.57. The summed E-state index contributed by atoms with van der Waals surface area (Å²) in [6.45, 7) is 2.46. The molecule has 0 saturated carbocycles. The lowest BCUT2D eigenvalue weighted by atomic mass is 10.4. The number of nitrogens with zero attached hydrogens (tertiary/aromatic N) is 2. The predicted molar refractivity (Wildman–Crippen MR) is 66.1 cm³/mol. The molecule has 4 nitrogen and oxygen atoms in total. The van der Waals surface area contributed by atoms with Gasteiger partial charge in [0, 0.05) is 11.6 Å². The minimum Gasteiger partial charge on any atom is -0.476 e. The number of nitrogens with two attached hydrogens (primary N) is 1. The van der Waals surface area contributed by atoms with Crippen molar-refractivity contribution in [2.24, 2.45) is 0 Å². The minimum atomic E-state index is 0.490. The molecule has 2 heterocycles. The Morgan fingerprint density at radius 2 is 2.38 bits per heavy atom. The molecule has 0 unspecified atom stereocenters. The maximum atomic E-state index is 5.74. The average molecular weight is 253 g/mol. The van der Waals surface area contributed by atoms with Crippen molar-refractivity contribution < 1.29 is 4.74 Å². The Balaban J connectivity index is 2.19. The molecule has 2 aromatic heterocycles. The van der Waals surface area contributed by atoms with Crippen molar-refractivity contribution in [1.82, 2.24) is 9.97 Å². The van der Waals surface area contributed by atoms with Gasteiger partial charge in [0.25, 0.3) is 0 Å². The molecule has 0 aromatic carbocycles. The van der Waals surface area contributed by atoms with E-state index in [4.69, 9.17) is 10.5 Å². The van der Waals surface area contributed by atoms with Crippen LogP contribution >= 0.6 is 23.1 Å². The molecule has 2 aromatic rings. The van der Waals surface area contributed by atoms with Gasteiger partial charge in [-0.3, -0.25) is 0 Å². The third kappa shape index (κ3) is 2.65. The van der Waals surface area contributed by atoms with Crippen LogP contribution < -0.4 is 10.5 Å². The van der Waals surface area contributed by atoms with Crippen molar-refractivity contribution in [1.29, 1.82) is 0 Å². The van der Waals surface area contributed by atoms with Crippen LogP contribution in [0.2, 0.25) is 0 Å². The number of aromatic nitrogens is 2. The molecule has 6 heteroatoms. The maximum Gasteiger partial charge on any atom is 0.238 e. The Labute approximate surface area is 102 Å². The van der Waals surface area contributed by atoms with Crippen LogP contribution in [-0.2, 0) is 0 Å². The highest BCUT2D eigenvalue weighted by Crippen LogP contribution is 2.30. The maximum absolute atomic E-state index is 5.74. The number of thiazole rings is 1. The molecule has 2 rings (SSSR count). The van der Waals surface area contributed by atoms with E-state index in [9.17, 15) is 0 Å². The number of rotatable bonds is 4. The predicted octanol–water partition coefficient (Wildman–Crippen LogP) is 2.67. The summed E-state index contributed by atoms with van der Waals surface area (Å²) in [6.07, 6.45) is 1.77. The molecule has 16 heavy (non-hydrogen) atoms. The average Bonchev–Trinajstić information content (AvgIpc) is 2.76. The second-order valence-corrected chi connectivity index (χ2v) is 5.04. The van der Waals surface area contributed by atoms with Gasteiger partial charge in [-0.25, -0.2) is 9.97 Å². The first kappa shape index (κ1) is 11.2. The Morgan fingerprint density at radius 1 is 1.50 bits per heavy atom. The van der Waals surface area contributed by atoms with Crippen molar-refractivity contribution in [3.8, 4) is 5.88 Å². The van der Waals surface area contributed by atoms with E-state index in [0.29, 0.717) is 18.2 Å². The number of hydrogen-bond acceptors (Lipinski definition) is 6. The highest BCUT2D eigenvalue weighted by atomic mass is 32.2. The zero-order valence-corrected chi connectivity index (χ0v) is 10.3. The molecule has 84 valence electrons. The number of nitrogen functional groups attached to an aromatic ring is 1. The third-order valence-electron chi connectivity index (χ3n) is 1.75. The molecule has 0 radical (unpaired) electrons. The Bertz CT molecular complexity index is 459. The van der Waals surface area contributed by atoms with Gasteiger partial charge in [0.1, 0.15) is 5.03 Å². The van der Waals surface area contributed by atoms with E-state index >= 15 is 0 Å². The van der Waals surface area contributed by atoms with Crippen LogP contribution in [0, 0.1) is 0 Å². The summed E-state index contributed by atoms with van der Waals surface area (Å²) >= 11 is 3.08. The largest absolute Gasteiger partial charge is 0.476 e. The SMILES string of the molecule is CCOc1nc(Sc2nccs2)ccc1N. The summed E-state index contributed by atoms with van der Waals surface area (Å²) in [4.78, 5) is 8.50. The standard InChI is InChI=1S/C10H11N3OS2/c1-2-14-9-7(11)3-4-8(13-9)16-10-12-5-6-15-10/h3-6H,2,11H2,1H3. The van der Waals surface area contributed by atoms with Gasteiger partial charge < -0.3 is 10.5 Å². The second-order valence-electron chi connectivity index (χ2n) is 2.88. The smallest absolute Gasteiger partial charge is 0.238 e. The van der Waals surface area contributed by atoms with E-state index in [-0.39, 0.29) is 0 Å². The molecule has 0 fully saturated rings. The van der Waals surface area contributed by atoms with Crippen molar-refractivity contribution in [2.45, 2.75) is 16.3 Å². The second kappa shape index (κ2) is 5.18. The number of pyridine rings is 1. The lowest BCUT2D eigenvalue weighted by Crippen LogP contribution is -1.99. The molecular formula is C10H11N3OS2. The van der Waals surface area contributed by atoms with Crippen LogP contribution in [0.25, 0.3) is 0 Å². The number of hydrogen-bond donors (Lipinski definition) is 1. The molecule has 0 amide bonds. The Morgan fingerprint density at radius 3 is 3.06 bits per heavy atom. The van der Waals surface area contributed by atoms with Gasteiger partial charge in [0.05, 0.1) is 12.3 Å². The van der Waals surface area contributed by atoms with E-state index in [1.54, 1.807) is 23.6 Å². The zero-order chi connectivity index (χ0) is 11.4. The molecule has 0 bridgehead atoms. The van der Waals surface area contributed by atoms with Crippen molar-refractivity contribution in [2.75, 3.05) is 12.3 Å². The summed E-state index contributed by atoms with van der Waals surface area (Å²) in [5.41, 5.74) is 6.30. The van der Waals surface area contributed by atoms with Gasteiger partial charge in [-0.2, -0.15) is 0 Å². The summed E-state index contributed by atoms with van der Waals surface area (Å²) in [5, 5.41) is 2.77.